The van der Waals surface area contributed by atoms with Gasteiger partial charge in [-0.1, -0.05) is 41.9 Å². The third kappa shape index (κ3) is 4.34. The molecular formula is C17H15ClN2O. The Kier molecular flexibility index (Phi) is 5.36. The third-order valence-electron chi connectivity index (χ3n) is 3.06. The van der Waals surface area contributed by atoms with Gasteiger partial charge >= 0.3 is 0 Å². The van der Waals surface area contributed by atoms with Gasteiger partial charge in [0.25, 0.3) is 0 Å². The highest BCUT2D eigenvalue weighted by atomic mass is 35.5. The summed E-state index contributed by atoms with van der Waals surface area (Å²) in [7, 11) is 0. The Morgan fingerprint density at radius 1 is 1.14 bits per heavy atom. The van der Waals surface area contributed by atoms with E-state index in [1.54, 1.807) is 17.0 Å². The molecule has 0 saturated heterocycles. The van der Waals surface area contributed by atoms with E-state index in [1.165, 1.54) is 0 Å². The molecule has 0 aliphatic heterocycles. The van der Waals surface area contributed by atoms with E-state index in [0.29, 0.717) is 18.0 Å². The van der Waals surface area contributed by atoms with Crippen LogP contribution in [0.4, 0.5) is 5.69 Å². The molecule has 0 atom stereocenters. The number of nitriles is 1. The van der Waals surface area contributed by atoms with Gasteiger partial charge < -0.3 is 4.90 Å². The third-order valence-corrected chi connectivity index (χ3v) is 3.30. The lowest BCUT2D eigenvalue weighted by molar-refractivity contribution is -0.118. The minimum absolute atomic E-state index is 0.0429. The van der Waals surface area contributed by atoms with Gasteiger partial charge in [-0.3, -0.25) is 4.79 Å². The smallest absolute Gasteiger partial charge is 0.231 e. The standard InChI is InChI=1S/C17H15ClN2O/c18-15-7-4-6-14(12-15)13-17(21)20(11-5-10-19)16-8-2-1-3-9-16/h1-4,6-9,12H,5,11,13H2. The van der Waals surface area contributed by atoms with Crippen molar-refractivity contribution in [2.45, 2.75) is 12.8 Å². The van der Waals surface area contributed by atoms with Crippen LogP contribution in [-0.2, 0) is 11.2 Å². The van der Waals surface area contributed by atoms with Gasteiger partial charge in [0.05, 0.1) is 18.9 Å². The molecule has 2 aromatic carbocycles. The molecule has 0 bridgehead atoms. The largest absolute Gasteiger partial charge is 0.311 e. The van der Waals surface area contributed by atoms with Gasteiger partial charge in [-0.15, -0.1) is 0 Å². The second-order valence-corrected chi connectivity index (χ2v) is 5.03. The van der Waals surface area contributed by atoms with Gasteiger partial charge in [0.2, 0.25) is 5.91 Å². The van der Waals surface area contributed by atoms with Crippen LogP contribution in [0.3, 0.4) is 0 Å². The summed E-state index contributed by atoms with van der Waals surface area (Å²) in [5, 5.41) is 9.38. The van der Waals surface area contributed by atoms with Crippen molar-refractivity contribution in [3.8, 4) is 6.07 Å². The normalized spacial score (nSPS) is 9.90. The van der Waals surface area contributed by atoms with Crippen LogP contribution in [0.2, 0.25) is 5.02 Å². The van der Waals surface area contributed by atoms with Crippen molar-refractivity contribution in [1.29, 1.82) is 5.26 Å². The van der Waals surface area contributed by atoms with E-state index < -0.39 is 0 Å². The first kappa shape index (κ1) is 15.1. The van der Waals surface area contributed by atoms with Crippen LogP contribution < -0.4 is 4.90 Å². The molecule has 4 heteroatoms. The number of anilines is 1. The molecule has 106 valence electrons. The molecule has 2 rings (SSSR count). The monoisotopic (exact) mass is 298 g/mol. The predicted octanol–water partition coefficient (Wildman–Crippen LogP) is 3.83. The van der Waals surface area contributed by atoms with E-state index >= 15 is 0 Å². The average molecular weight is 299 g/mol. The Bertz CT molecular complexity index is 649. The van der Waals surface area contributed by atoms with E-state index in [2.05, 4.69) is 6.07 Å². The van der Waals surface area contributed by atoms with Gasteiger partial charge in [-0.05, 0) is 29.8 Å². The fraction of sp³-hybridized carbons (Fsp3) is 0.176. The molecule has 0 aromatic heterocycles. The van der Waals surface area contributed by atoms with E-state index in [9.17, 15) is 4.79 Å². The highest BCUT2D eigenvalue weighted by molar-refractivity contribution is 6.30. The number of halogens is 1. The van der Waals surface area contributed by atoms with Crippen LogP contribution in [0, 0.1) is 11.3 Å². The summed E-state index contributed by atoms with van der Waals surface area (Å²) < 4.78 is 0. The molecule has 0 aliphatic rings. The first-order chi connectivity index (χ1) is 10.2. The second kappa shape index (κ2) is 7.47. The van der Waals surface area contributed by atoms with E-state index in [1.807, 2.05) is 42.5 Å². The van der Waals surface area contributed by atoms with Gasteiger partial charge in [0.1, 0.15) is 0 Å². The van der Waals surface area contributed by atoms with Crippen molar-refractivity contribution in [1.82, 2.24) is 0 Å². The quantitative estimate of drug-likeness (QED) is 0.842. The van der Waals surface area contributed by atoms with Crippen LogP contribution >= 0.6 is 11.6 Å². The number of nitrogens with zero attached hydrogens (tertiary/aromatic N) is 2. The van der Waals surface area contributed by atoms with Crippen LogP contribution in [0.25, 0.3) is 0 Å². The molecule has 0 spiro atoms. The molecular weight excluding hydrogens is 284 g/mol. The summed E-state index contributed by atoms with van der Waals surface area (Å²) >= 11 is 5.94. The maximum Gasteiger partial charge on any atom is 0.231 e. The molecule has 0 unspecified atom stereocenters. The zero-order chi connectivity index (χ0) is 15.1. The molecule has 0 saturated carbocycles. The number of carbonyl (C=O) groups is 1. The predicted molar refractivity (Wildman–Crippen MR) is 84.2 cm³/mol. The number of carbonyl (C=O) groups excluding carboxylic acids is 1. The topological polar surface area (TPSA) is 44.1 Å². The van der Waals surface area contributed by atoms with Crippen LogP contribution in [0.15, 0.2) is 54.6 Å². The number of benzene rings is 2. The molecule has 0 heterocycles. The number of amides is 1. The lowest BCUT2D eigenvalue weighted by Gasteiger charge is -2.22. The Hall–Kier alpha value is -2.31. The van der Waals surface area contributed by atoms with Crippen molar-refractivity contribution in [2.24, 2.45) is 0 Å². The molecule has 0 fully saturated rings. The Labute approximate surface area is 129 Å². The SMILES string of the molecule is N#CCCN(C(=O)Cc1cccc(Cl)c1)c1ccccc1. The summed E-state index contributed by atoms with van der Waals surface area (Å²) in [5.74, 6) is -0.0429. The Morgan fingerprint density at radius 2 is 1.90 bits per heavy atom. The van der Waals surface area contributed by atoms with Crippen molar-refractivity contribution in [3.05, 3.63) is 65.2 Å². The fourth-order valence-corrected chi connectivity index (χ4v) is 2.30. The Morgan fingerprint density at radius 3 is 2.57 bits per heavy atom. The maximum atomic E-state index is 12.5. The first-order valence-electron chi connectivity index (χ1n) is 6.67. The van der Waals surface area contributed by atoms with Crippen molar-refractivity contribution < 1.29 is 4.79 Å². The Balaban J connectivity index is 2.17. The van der Waals surface area contributed by atoms with E-state index in [4.69, 9.17) is 16.9 Å². The summed E-state index contributed by atoms with van der Waals surface area (Å²) in [6.07, 6.45) is 0.567. The zero-order valence-electron chi connectivity index (χ0n) is 11.5. The molecule has 3 nitrogen and oxygen atoms in total. The number of hydrogen-bond donors (Lipinski definition) is 0. The van der Waals surface area contributed by atoms with Gasteiger partial charge in [-0.25, -0.2) is 0 Å². The van der Waals surface area contributed by atoms with Crippen molar-refractivity contribution >= 4 is 23.2 Å². The molecule has 0 N–H and O–H groups in total. The summed E-state index contributed by atoms with van der Waals surface area (Å²) in [6.45, 7) is 0.389. The minimum Gasteiger partial charge on any atom is -0.311 e. The van der Waals surface area contributed by atoms with Crippen LogP contribution in [0.5, 0.6) is 0 Å². The minimum atomic E-state index is -0.0429. The van der Waals surface area contributed by atoms with E-state index in [-0.39, 0.29) is 12.3 Å². The van der Waals surface area contributed by atoms with Crippen molar-refractivity contribution in [2.75, 3.05) is 11.4 Å². The molecule has 0 radical (unpaired) electrons. The summed E-state index contributed by atoms with van der Waals surface area (Å²) in [6, 6.07) is 18.7. The highest BCUT2D eigenvalue weighted by Crippen LogP contribution is 2.17. The summed E-state index contributed by atoms with van der Waals surface area (Å²) in [4.78, 5) is 14.1. The zero-order valence-corrected chi connectivity index (χ0v) is 12.3. The average Bonchev–Trinajstić information content (AvgIpc) is 2.49. The first-order valence-corrected chi connectivity index (χ1v) is 7.05. The van der Waals surface area contributed by atoms with Gasteiger partial charge in [0, 0.05) is 17.3 Å². The van der Waals surface area contributed by atoms with Crippen molar-refractivity contribution in [3.63, 3.8) is 0 Å². The van der Waals surface area contributed by atoms with Crippen LogP contribution in [0.1, 0.15) is 12.0 Å². The molecule has 1 amide bonds. The lowest BCUT2D eigenvalue weighted by Crippen LogP contribution is -2.33. The van der Waals surface area contributed by atoms with Crippen LogP contribution in [-0.4, -0.2) is 12.5 Å². The number of rotatable bonds is 5. The summed E-state index contributed by atoms with van der Waals surface area (Å²) in [5.41, 5.74) is 1.67. The van der Waals surface area contributed by atoms with E-state index in [0.717, 1.165) is 11.3 Å². The van der Waals surface area contributed by atoms with Gasteiger partial charge in [0.15, 0.2) is 0 Å². The molecule has 21 heavy (non-hydrogen) atoms. The number of para-hydroxylation sites is 1. The molecule has 2 aromatic rings. The fourth-order valence-electron chi connectivity index (χ4n) is 2.08. The van der Waals surface area contributed by atoms with Gasteiger partial charge in [-0.2, -0.15) is 5.26 Å². The lowest BCUT2D eigenvalue weighted by atomic mass is 10.1. The highest BCUT2D eigenvalue weighted by Gasteiger charge is 2.15. The maximum absolute atomic E-state index is 12.5. The number of hydrogen-bond acceptors (Lipinski definition) is 2. The second-order valence-electron chi connectivity index (χ2n) is 4.60. The molecule has 0 aliphatic carbocycles.